The maximum atomic E-state index is 12.5. The number of amides is 1. The van der Waals surface area contributed by atoms with Crippen LogP contribution in [0.2, 0.25) is 0 Å². The van der Waals surface area contributed by atoms with E-state index in [9.17, 15) is 4.79 Å². The largest absolute Gasteiger partial charge is 0.337 e. The molecule has 1 aliphatic rings. The number of carbonyl (C=O) groups is 1. The van der Waals surface area contributed by atoms with Gasteiger partial charge >= 0.3 is 0 Å². The summed E-state index contributed by atoms with van der Waals surface area (Å²) in [6.45, 7) is 2.18. The summed E-state index contributed by atoms with van der Waals surface area (Å²) in [7, 11) is 0. The standard InChI is InChI=1S/C15H18BrN5O/c16-12-1-3-13(4-2-12)21-10-14(18-19-21)15(22)20-7-5-11(9-17)6-8-20/h1-4,10-11H,5-9,17H2. The molecular weight excluding hydrogens is 346 g/mol. The average molecular weight is 364 g/mol. The topological polar surface area (TPSA) is 77.0 Å². The molecule has 1 aromatic carbocycles. The molecule has 1 aliphatic heterocycles. The Morgan fingerprint density at radius 1 is 1.27 bits per heavy atom. The molecule has 1 amide bonds. The Balaban J connectivity index is 1.71. The minimum Gasteiger partial charge on any atom is -0.337 e. The first kappa shape index (κ1) is 15.2. The Morgan fingerprint density at radius 3 is 2.59 bits per heavy atom. The molecular formula is C15H18BrN5O. The van der Waals surface area contributed by atoms with Gasteiger partial charge in [0.05, 0.1) is 11.9 Å². The second-order valence-corrected chi connectivity index (χ2v) is 6.41. The summed E-state index contributed by atoms with van der Waals surface area (Å²) < 4.78 is 2.61. The van der Waals surface area contributed by atoms with Crippen molar-refractivity contribution in [3.63, 3.8) is 0 Å². The van der Waals surface area contributed by atoms with Crippen LogP contribution in [-0.2, 0) is 0 Å². The Bertz CT molecular complexity index is 646. The highest BCUT2D eigenvalue weighted by atomic mass is 79.9. The molecule has 0 spiro atoms. The lowest BCUT2D eigenvalue weighted by atomic mass is 9.97. The average Bonchev–Trinajstić information content (AvgIpc) is 3.05. The van der Waals surface area contributed by atoms with Gasteiger partial charge in [0.25, 0.3) is 5.91 Å². The van der Waals surface area contributed by atoms with Gasteiger partial charge in [0, 0.05) is 17.6 Å². The normalized spacial score (nSPS) is 16.0. The molecule has 0 atom stereocenters. The van der Waals surface area contributed by atoms with Crippen LogP contribution in [0.5, 0.6) is 0 Å². The Hall–Kier alpha value is -1.73. The molecule has 116 valence electrons. The molecule has 0 saturated carbocycles. The highest BCUT2D eigenvalue weighted by molar-refractivity contribution is 9.10. The molecule has 0 unspecified atom stereocenters. The van der Waals surface area contributed by atoms with E-state index in [1.807, 2.05) is 29.2 Å². The van der Waals surface area contributed by atoms with Gasteiger partial charge in [0.1, 0.15) is 0 Å². The first-order chi connectivity index (χ1) is 10.7. The Labute approximate surface area is 137 Å². The third-order valence-corrected chi connectivity index (χ3v) is 4.57. The molecule has 0 bridgehead atoms. The SMILES string of the molecule is NCC1CCN(C(=O)c2cn(-c3ccc(Br)cc3)nn2)CC1. The zero-order valence-electron chi connectivity index (χ0n) is 12.2. The zero-order chi connectivity index (χ0) is 15.5. The third-order valence-electron chi connectivity index (χ3n) is 4.04. The lowest BCUT2D eigenvalue weighted by Crippen LogP contribution is -2.40. The van der Waals surface area contributed by atoms with E-state index in [0.717, 1.165) is 36.1 Å². The van der Waals surface area contributed by atoms with Crippen molar-refractivity contribution in [1.29, 1.82) is 0 Å². The van der Waals surface area contributed by atoms with Crippen molar-refractivity contribution in [3.05, 3.63) is 40.6 Å². The van der Waals surface area contributed by atoms with E-state index >= 15 is 0 Å². The summed E-state index contributed by atoms with van der Waals surface area (Å²) in [4.78, 5) is 14.3. The second kappa shape index (κ2) is 6.58. The van der Waals surface area contributed by atoms with Crippen LogP contribution in [-0.4, -0.2) is 45.4 Å². The first-order valence-corrected chi connectivity index (χ1v) is 8.14. The van der Waals surface area contributed by atoms with Crippen molar-refractivity contribution in [3.8, 4) is 5.69 Å². The molecule has 22 heavy (non-hydrogen) atoms. The number of aromatic nitrogens is 3. The summed E-state index contributed by atoms with van der Waals surface area (Å²) in [5.74, 6) is 0.473. The van der Waals surface area contributed by atoms with Crippen LogP contribution in [0, 0.1) is 5.92 Å². The van der Waals surface area contributed by atoms with E-state index < -0.39 is 0 Å². The number of rotatable bonds is 3. The number of halogens is 1. The maximum absolute atomic E-state index is 12.5. The molecule has 2 N–H and O–H groups in total. The predicted octanol–water partition coefficient (Wildman–Crippen LogP) is 1.84. The quantitative estimate of drug-likeness (QED) is 0.902. The van der Waals surface area contributed by atoms with Crippen LogP contribution in [0.25, 0.3) is 5.69 Å². The number of nitrogens with zero attached hydrogens (tertiary/aromatic N) is 4. The van der Waals surface area contributed by atoms with Crippen molar-refractivity contribution >= 4 is 21.8 Å². The molecule has 1 fully saturated rings. The van der Waals surface area contributed by atoms with Crippen LogP contribution in [0.15, 0.2) is 34.9 Å². The van der Waals surface area contributed by atoms with E-state index in [1.165, 1.54) is 0 Å². The highest BCUT2D eigenvalue weighted by Gasteiger charge is 2.24. The van der Waals surface area contributed by atoms with E-state index in [-0.39, 0.29) is 5.91 Å². The van der Waals surface area contributed by atoms with Gasteiger partial charge < -0.3 is 10.6 Å². The first-order valence-electron chi connectivity index (χ1n) is 7.35. The van der Waals surface area contributed by atoms with Crippen LogP contribution in [0.3, 0.4) is 0 Å². The van der Waals surface area contributed by atoms with E-state index in [2.05, 4.69) is 26.2 Å². The van der Waals surface area contributed by atoms with Crippen molar-refractivity contribution < 1.29 is 4.79 Å². The molecule has 2 aromatic rings. The lowest BCUT2D eigenvalue weighted by molar-refractivity contribution is 0.0687. The van der Waals surface area contributed by atoms with Crippen molar-refractivity contribution in [2.75, 3.05) is 19.6 Å². The molecule has 7 heteroatoms. The minimum absolute atomic E-state index is 0.0566. The fourth-order valence-electron chi connectivity index (χ4n) is 2.62. The molecule has 1 saturated heterocycles. The molecule has 3 rings (SSSR count). The van der Waals surface area contributed by atoms with Crippen LogP contribution >= 0.6 is 15.9 Å². The summed E-state index contributed by atoms with van der Waals surface area (Å²) in [6, 6.07) is 7.69. The number of hydrogen-bond acceptors (Lipinski definition) is 4. The third kappa shape index (κ3) is 3.20. The lowest BCUT2D eigenvalue weighted by Gasteiger charge is -2.30. The smallest absolute Gasteiger partial charge is 0.276 e. The number of carbonyl (C=O) groups excluding carboxylic acids is 1. The van der Waals surface area contributed by atoms with E-state index in [4.69, 9.17) is 5.73 Å². The maximum Gasteiger partial charge on any atom is 0.276 e. The van der Waals surface area contributed by atoms with Crippen molar-refractivity contribution in [1.82, 2.24) is 19.9 Å². The zero-order valence-corrected chi connectivity index (χ0v) is 13.7. The number of benzene rings is 1. The van der Waals surface area contributed by atoms with Crippen LogP contribution in [0.4, 0.5) is 0 Å². The van der Waals surface area contributed by atoms with Gasteiger partial charge in [0.15, 0.2) is 5.69 Å². The number of likely N-dealkylation sites (tertiary alicyclic amines) is 1. The highest BCUT2D eigenvalue weighted by Crippen LogP contribution is 2.18. The fourth-order valence-corrected chi connectivity index (χ4v) is 2.88. The van der Waals surface area contributed by atoms with E-state index in [0.29, 0.717) is 18.2 Å². The van der Waals surface area contributed by atoms with Gasteiger partial charge in [-0.05, 0) is 49.6 Å². The molecule has 0 aliphatic carbocycles. The molecule has 0 radical (unpaired) electrons. The summed E-state index contributed by atoms with van der Waals surface area (Å²) in [5.41, 5.74) is 6.94. The van der Waals surface area contributed by atoms with Crippen LogP contribution in [0.1, 0.15) is 23.3 Å². The monoisotopic (exact) mass is 363 g/mol. The van der Waals surface area contributed by atoms with Gasteiger partial charge in [0.2, 0.25) is 0 Å². The number of nitrogens with two attached hydrogens (primary N) is 1. The Morgan fingerprint density at radius 2 is 1.95 bits per heavy atom. The van der Waals surface area contributed by atoms with Crippen molar-refractivity contribution in [2.24, 2.45) is 11.7 Å². The molecule has 2 heterocycles. The number of hydrogen-bond donors (Lipinski definition) is 1. The Kier molecular flexibility index (Phi) is 4.54. The van der Waals surface area contributed by atoms with Gasteiger partial charge in [-0.1, -0.05) is 21.1 Å². The summed E-state index contributed by atoms with van der Waals surface area (Å²) in [5, 5.41) is 8.06. The van der Waals surface area contributed by atoms with E-state index in [1.54, 1.807) is 10.9 Å². The fraction of sp³-hybridized carbons (Fsp3) is 0.400. The summed E-state index contributed by atoms with van der Waals surface area (Å²) in [6.07, 6.45) is 3.60. The van der Waals surface area contributed by atoms with Gasteiger partial charge in [-0.3, -0.25) is 4.79 Å². The van der Waals surface area contributed by atoms with Crippen molar-refractivity contribution in [2.45, 2.75) is 12.8 Å². The minimum atomic E-state index is -0.0566. The second-order valence-electron chi connectivity index (χ2n) is 5.50. The summed E-state index contributed by atoms with van der Waals surface area (Å²) >= 11 is 3.39. The predicted molar refractivity (Wildman–Crippen MR) is 86.7 cm³/mol. The van der Waals surface area contributed by atoms with Gasteiger partial charge in [-0.2, -0.15) is 0 Å². The van der Waals surface area contributed by atoms with Gasteiger partial charge in [-0.15, -0.1) is 5.10 Å². The van der Waals surface area contributed by atoms with Crippen LogP contribution < -0.4 is 5.73 Å². The molecule has 6 nitrogen and oxygen atoms in total. The number of piperidine rings is 1. The molecule has 1 aromatic heterocycles. The van der Waals surface area contributed by atoms with Gasteiger partial charge in [-0.25, -0.2) is 4.68 Å².